The lowest BCUT2D eigenvalue weighted by atomic mass is 9.74. The summed E-state index contributed by atoms with van der Waals surface area (Å²) in [4.78, 5) is 37.2. The van der Waals surface area contributed by atoms with Crippen molar-refractivity contribution in [3.05, 3.63) is 35.4 Å². The molecule has 7 heteroatoms. The Morgan fingerprint density at radius 1 is 1.30 bits per heavy atom. The topological polar surface area (TPSA) is 110 Å². The van der Waals surface area contributed by atoms with Crippen LogP contribution in [0, 0.1) is 11.3 Å². The first-order valence-electron chi connectivity index (χ1n) is 7.44. The number of hydrogen-bond donors (Lipinski definition) is 2. The highest BCUT2D eigenvalue weighted by molar-refractivity contribution is 5.99. The summed E-state index contributed by atoms with van der Waals surface area (Å²) in [5, 5.41) is 9.63. The molecule has 2 saturated heterocycles. The van der Waals surface area contributed by atoms with Crippen LogP contribution in [0.3, 0.4) is 0 Å². The van der Waals surface area contributed by atoms with Gasteiger partial charge in [0.1, 0.15) is 0 Å². The van der Waals surface area contributed by atoms with Crippen LogP contribution < -0.4 is 5.73 Å². The SMILES string of the molecule is NC(=O)c1cccc(C(=O)N2C[C@H]3COCC[C@@]3(C(=O)O)C2)c1. The first-order chi connectivity index (χ1) is 10.9. The lowest BCUT2D eigenvalue weighted by Gasteiger charge is -2.33. The van der Waals surface area contributed by atoms with Gasteiger partial charge in [0.05, 0.1) is 12.0 Å². The molecule has 1 aromatic carbocycles. The molecule has 0 saturated carbocycles. The molecule has 0 spiro atoms. The molecular weight excluding hydrogens is 300 g/mol. The van der Waals surface area contributed by atoms with E-state index in [4.69, 9.17) is 10.5 Å². The van der Waals surface area contributed by atoms with Crippen molar-refractivity contribution in [3.8, 4) is 0 Å². The second-order valence-corrected chi connectivity index (χ2v) is 6.11. The standard InChI is InChI=1S/C16H18N2O5/c17-13(19)10-2-1-3-11(6-10)14(20)18-7-12-8-23-5-4-16(12,9-18)15(21)22/h1-3,6,12H,4-5,7-9H2,(H2,17,19)(H,21,22)/t12-,16+/m0/s1. The van der Waals surface area contributed by atoms with Crippen LogP contribution in [-0.4, -0.2) is 54.1 Å². The second-order valence-electron chi connectivity index (χ2n) is 6.11. The zero-order valence-electron chi connectivity index (χ0n) is 12.5. The van der Waals surface area contributed by atoms with E-state index < -0.39 is 17.3 Å². The van der Waals surface area contributed by atoms with Crippen molar-refractivity contribution in [2.24, 2.45) is 17.1 Å². The highest BCUT2D eigenvalue weighted by atomic mass is 16.5. The average Bonchev–Trinajstić information content (AvgIpc) is 2.95. The molecule has 0 aliphatic carbocycles. The van der Waals surface area contributed by atoms with Gasteiger partial charge in [-0.05, 0) is 24.6 Å². The van der Waals surface area contributed by atoms with E-state index in [1.165, 1.54) is 17.0 Å². The number of nitrogens with zero attached hydrogens (tertiary/aromatic N) is 1. The second kappa shape index (κ2) is 5.66. The van der Waals surface area contributed by atoms with Gasteiger partial charge in [0.25, 0.3) is 5.91 Å². The van der Waals surface area contributed by atoms with Gasteiger partial charge < -0.3 is 20.5 Å². The maximum absolute atomic E-state index is 12.7. The molecule has 3 N–H and O–H groups in total. The molecule has 2 amide bonds. The molecule has 0 unspecified atom stereocenters. The molecule has 0 radical (unpaired) electrons. The fourth-order valence-corrected chi connectivity index (χ4v) is 3.44. The van der Waals surface area contributed by atoms with Crippen LogP contribution in [0.15, 0.2) is 24.3 Å². The number of nitrogens with two attached hydrogens (primary N) is 1. The van der Waals surface area contributed by atoms with Crippen molar-refractivity contribution < 1.29 is 24.2 Å². The Morgan fingerprint density at radius 2 is 2.04 bits per heavy atom. The number of hydrogen-bond acceptors (Lipinski definition) is 4. The molecule has 23 heavy (non-hydrogen) atoms. The van der Waals surface area contributed by atoms with Crippen molar-refractivity contribution in [3.63, 3.8) is 0 Å². The van der Waals surface area contributed by atoms with Crippen LogP contribution in [0.1, 0.15) is 27.1 Å². The first-order valence-corrected chi connectivity index (χ1v) is 7.44. The number of rotatable bonds is 3. The van der Waals surface area contributed by atoms with Gasteiger partial charge in [0.2, 0.25) is 5.91 Å². The molecular formula is C16H18N2O5. The summed E-state index contributed by atoms with van der Waals surface area (Å²) in [5.74, 6) is -1.99. The lowest BCUT2D eigenvalue weighted by molar-refractivity contribution is -0.157. The highest BCUT2D eigenvalue weighted by Crippen LogP contribution is 2.42. The number of carboxylic acid groups (broad SMARTS) is 1. The quantitative estimate of drug-likeness (QED) is 0.835. The third-order valence-electron chi connectivity index (χ3n) is 4.81. The zero-order valence-corrected chi connectivity index (χ0v) is 12.5. The van der Waals surface area contributed by atoms with Crippen molar-refractivity contribution in [1.82, 2.24) is 4.90 Å². The van der Waals surface area contributed by atoms with Gasteiger partial charge in [0, 0.05) is 36.7 Å². The van der Waals surface area contributed by atoms with E-state index in [1.54, 1.807) is 12.1 Å². The third-order valence-corrected chi connectivity index (χ3v) is 4.81. The Morgan fingerprint density at radius 3 is 2.70 bits per heavy atom. The molecule has 2 fully saturated rings. The molecule has 3 rings (SSSR count). The van der Waals surface area contributed by atoms with E-state index in [0.29, 0.717) is 31.7 Å². The van der Waals surface area contributed by atoms with E-state index in [-0.39, 0.29) is 23.9 Å². The van der Waals surface area contributed by atoms with Crippen molar-refractivity contribution in [2.45, 2.75) is 6.42 Å². The number of carboxylic acids is 1. The summed E-state index contributed by atoms with van der Waals surface area (Å²) < 4.78 is 5.38. The van der Waals surface area contributed by atoms with E-state index in [2.05, 4.69) is 0 Å². The summed E-state index contributed by atoms with van der Waals surface area (Å²) in [7, 11) is 0. The van der Waals surface area contributed by atoms with Crippen LogP contribution in [-0.2, 0) is 9.53 Å². The Balaban J connectivity index is 1.85. The minimum absolute atomic E-state index is 0.163. The maximum Gasteiger partial charge on any atom is 0.311 e. The summed E-state index contributed by atoms with van der Waals surface area (Å²) in [6.07, 6.45) is 0.401. The highest BCUT2D eigenvalue weighted by Gasteiger charge is 2.54. The van der Waals surface area contributed by atoms with Crippen LogP contribution >= 0.6 is 0 Å². The Kier molecular flexibility index (Phi) is 3.81. The number of ether oxygens (including phenoxy) is 1. The van der Waals surface area contributed by atoms with Crippen molar-refractivity contribution >= 4 is 17.8 Å². The van der Waals surface area contributed by atoms with Gasteiger partial charge in [-0.3, -0.25) is 14.4 Å². The molecule has 2 heterocycles. The van der Waals surface area contributed by atoms with Gasteiger partial charge in [-0.2, -0.15) is 0 Å². The number of aliphatic carboxylic acids is 1. The maximum atomic E-state index is 12.7. The van der Waals surface area contributed by atoms with E-state index in [1.807, 2.05) is 0 Å². The van der Waals surface area contributed by atoms with Gasteiger partial charge in [-0.25, -0.2) is 0 Å². The summed E-state index contributed by atoms with van der Waals surface area (Å²) in [5.41, 5.74) is 4.89. The summed E-state index contributed by atoms with van der Waals surface area (Å²) in [6.45, 7) is 1.24. The predicted molar refractivity (Wildman–Crippen MR) is 79.9 cm³/mol. The van der Waals surface area contributed by atoms with Crippen LogP contribution in [0.25, 0.3) is 0 Å². The van der Waals surface area contributed by atoms with Gasteiger partial charge in [0.15, 0.2) is 0 Å². The Bertz CT molecular complexity index is 674. The lowest BCUT2D eigenvalue weighted by Crippen LogP contribution is -2.45. The monoisotopic (exact) mass is 318 g/mol. The fourth-order valence-electron chi connectivity index (χ4n) is 3.44. The Labute approximate surface area is 133 Å². The number of amides is 2. The minimum atomic E-state index is -0.935. The number of primary amides is 1. The minimum Gasteiger partial charge on any atom is -0.481 e. The van der Waals surface area contributed by atoms with Crippen LogP contribution in [0.4, 0.5) is 0 Å². The number of carbonyl (C=O) groups is 3. The number of carbonyl (C=O) groups excluding carboxylic acids is 2. The molecule has 2 aliphatic heterocycles. The fraction of sp³-hybridized carbons (Fsp3) is 0.438. The average molecular weight is 318 g/mol. The zero-order chi connectivity index (χ0) is 16.6. The van der Waals surface area contributed by atoms with Crippen LogP contribution in [0.5, 0.6) is 0 Å². The van der Waals surface area contributed by atoms with Crippen LogP contribution in [0.2, 0.25) is 0 Å². The molecule has 7 nitrogen and oxygen atoms in total. The molecule has 0 aromatic heterocycles. The molecule has 122 valence electrons. The third kappa shape index (κ3) is 2.57. The molecule has 0 bridgehead atoms. The Hall–Kier alpha value is -2.41. The molecule has 1 aromatic rings. The molecule has 2 atom stereocenters. The van der Waals surface area contributed by atoms with Crippen molar-refractivity contribution in [2.75, 3.05) is 26.3 Å². The van der Waals surface area contributed by atoms with E-state index >= 15 is 0 Å². The first kappa shape index (κ1) is 15.5. The largest absolute Gasteiger partial charge is 0.481 e. The summed E-state index contributed by atoms with van der Waals surface area (Å²) in [6, 6.07) is 6.17. The number of likely N-dealkylation sites (tertiary alicyclic amines) is 1. The smallest absolute Gasteiger partial charge is 0.311 e. The normalized spacial score (nSPS) is 26.6. The number of fused-ring (bicyclic) bond motifs is 1. The molecule has 2 aliphatic rings. The van der Waals surface area contributed by atoms with Crippen molar-refractivity contribution in [1.29, 1.82) is 0 Å². The van der Waals surface area contributed by atoms with Gasteiger partial charge >= 0.3 is 5.97 Å². The van der Waals surface area contributed by atoms with E-state index in [9.17, 15) is 19.5 Å². The predicted octanol–water partition coefficient (Wildman–Crippen LogP) is 0.349. The van der Waals surface area contributed by atoms with E-state index in [0.717, 1.165) is 0 Å². The number of benzene rings is 1. The van der Waals surface area contributed by atoms with Gasteiger partial charge in [-0.1, -0.05) is 6.07 Å². The summed E-state index contributed by atoms with van der Waals surface area (Å²) >= 11 is 0. The van der Waals surface area contributed by atoms with Gasteiger partial charge in [-0.15, -0.1) is 0 Å².